The molecule has 2 heteroatoms. The van der Waals surface area contributed by atoms with E-state index in [-0.39, 0.29) is 12.2 Å². The number of ether oxygens (including phenoxy) is 1. The standard InChI is InChI=1S/C13H24O2/c1-8-7-13(3,4)10-6-5-9(2)15-12(10)11(8)14/h8-12,14H,5-7H2,1-4H3. The molecule has 1 aliphatic heterocycles. The van der Waals surface area contributed by atoms with Crippen LogP contribution in [0.3, 0.4) is 0 Å². The van der Waals surface area contributed by atoms with E-state index in [0.29, 0.717) is 23.4 Å². The van der Waals surface area contributed by atoms with Crippen LogP contribution in [0.5, 0.6) is 0 Å². The van der Waals surface area contributed by atoms with E-state index in [1.165, 1.54) is 6.42 Å². The molecule has 1 aliphatic carbocycles. The molecule has 2 nitrogen and oxygen atoms in total. The van der Waals surface area contributed by atoms with Crippen molar-refractivity contribution in [1.82, 2.24) is 0 Å². The first kappa shape index (κ1) is 11.4. The summed E-state index contributed by atoms with van der Waals surface area (Å²) in [4.78, 5) is 0. The third-order valence-electron chi connectivity index (χ3n) is 4.44. The highest BCUT2D eigenvalue weighted by Gasteiger charge is 2.49. The first-order valence-electron chi connectivity index (χ1n) is 6.25. The third kappa shape index (κ3) is 1.94. The van der Waals surface area contributed by atoms with Crippen LogP contribution in [-0.4, -0.2) is 23.4 Å². The van der Waals surface area contributed by atoms with Crippen LogP contribution in [0.15, 0.2) is 0 Å². The van der Waals surface area contributed by atoms with E-state index in [1.54, 1.807) is 0 Å². The maximum atomic E-state index is 10.2. The Hall–Kier alpha value is -0.0800. The summed E-state index contributed by atoms with van der Waals surface area (Å²) in [6.45, 7) is 8.92. The predicted molar refractivity (Wildman–Crippen MR) is 60.6 cm³/mol. The Morgan fingerprint density at radius 1 is 1.20 bits per heavy atom. The zero-order chi connectivity index (χ0) is 11.2. The van der Waals surface area contributed by atoms with Gasteiger partial charge in [0.15, 0.2) is 0 Å². The SMILES string of the molecule is CC1CCC2C(O1)C(O)C(C)CC2(C)C. The molecule has 1 saturated carbocycles. The summed E-state index contributed by atoms with van der Waals surface area (Å²) in [6.07, 6.45) is 3.61. The fourth-order valence-electron chi connectivity index (χ4n) is 3.59. The molecule has 0 radical (unpaired) electrons. The van der Waals surface area contributed by atoms with Crippen molar-refractivity contribution >= 4 is 0 Å². The normalized spacial score (nSPS) is 49.8. The van der Waals surface area contributed by atoms with E-state index < -0.39 is 0 Å². The average Bonchev–Trinajstić information content (AvgIpc) is 2.13. The molecule has 88 valence electrons. The summed E-state index contributed by atoms with van der Waals surface area (Å²) in [5, 5.41) is 10.2. The first-order valence-corrected chi connectivity index (χ1v) is 6.25. The Kier molecular flexibility index (Phi) is 2.85. The Morgan fingerprint density at radius 2 is 1.87 bits per heavy atom. The summed E-state index contributed by atoms with van der Waals surface area (Å²) in [7, 11) is 0. The minimum Gasteiger partial charge on any atom is -0.390 e. The zero-order valence-electron chi connectivity index (χ0n) is 10.4. The molecule has 0 aromatic carbocycles. The molecule has 1 saturated heterocycles. The average molecular weight is 212 g/mol. The summed E-state index contributed by atoms with van der Waals surface area (Å²) in [5.74, 6) is 0.909. The monoisotopic (exact) mass is 212 g/mol. The molecule has 2 fully saturated rings. The molecule has 2 aliphatic rings. The van der Waals surface area contributed by atoms with Crippen molar-refractivity contribution in [3.8, 4) is 0 Å². The maximum absolute atomic E-state index is 10.2. The summed E-state index contributed by atoms with van der Waals surface area (Å²) < 4.78 is 5.96. The van der Waals surface area contributed by atoms with E-state index in [1.807, 2.05) is 0 Å². The number of aliphatic hydroxyl groups excluding tert-OH is 1. The van der Waals surface area contributed by atoms with Crippen LogP contribution in [0, 0.1) is 17.3 Å². The molecule has 15 heavy (non-hydrogen) atoms. The van der Waals surface area contributed by atoms with Crippen LogP contribution in [0.4, 0.5) is 0 Å². The van der Waals surface area contributed by atoms with Crippen molar-refractivity contribution in [3.05, 3.63) is 0 Å². The van der Waals surface area contributed by atoms with E-state index >= 15 is 0 Å². The lowest BCUT2D eigenvalue weighted by atomic mass is 9.60. The largest absolute Gasteiger partial charge is 0.390 e. The lowest BCUT2D eigenvalue weighted by Crippen LogP contribution is -2.54. The summed E-state index contributed by atoms with van der Waals surface area (Å²) >= 11 is 0. The van der Waals surface area contributed by atoms with Gasteiger partial charge in [-0.25, -0.2) is 0 Å². The zero-order valence-corrected chi connectivity index (χ0v) is 10.4. The van der Waals surface area contributed by atoms with Crippen molar-refractivity contribution < 1.29 is 9.84 Å². The fourth-order valence-corrected chi connectivity index (χ4v) is 3.59. The topological polar surface area (TPSA) is 29.5 Å². The van der Waals surface area contributed by atoms with Gasteiger partial charge in [0.05, 0.1) is 18.3 Å². The second kappa shape index (κ2) is 3.74. The van der Waals surface area contributed by atoms with Crippen LogP contribution in [0.25, 0.3) is 0 Å². The van der Waals surface area contributed by atoms with E-state index in [9.17, 15) is 5.11 Å². The van der Waals surface area contributed by atoms with Crippen LogP contribution >= 0.6 is 0 Å². The van der Waals surface area contributed by atoms with Crippen LogP contribution in [0.2, 0.25) is 0 Å². The van der Waals surface area contributed by atoms with Gasteiger partial charge in [-0.05, 0) is 43.4 Å². The van der Waals surface area contributed by atoms with Gasteiger partial charge >= 0.3 is 0 Å². The van der Waals surface area contributed by atoms with Crippen molar-refractivity contribution in [3.63, 3.8) is 0 Å². The number of aliphatic hydroxyl groups is 1. The van der Waals surface area contributed by atoms with Gasteiger partial charge in [-0.1, -0.05) is 20.8 Å². The molecule has 0 bridgehead atoms. The predicted octanol–water partition coefficient (Wildman–Crippen LogP) is 2.60. The lowest BCUT2D eigenvalue weighted by molar-refractivity contribution is -0.193. The van der Waals surface area contributed by atoms with E-state index in [0.717, 1.165) is 12.8 Å². The molecule has 0 amide bonds. The van der Waals surface area contributed by atoms with Crippen molar-refractivity contribution in [2.45, 2.75) is 65.3 Å². The smallest absolute Gasteiger partial charge is 0.0873 e. The van der Waals surface area contributed by atoms with Gasteiger partial charge < -0.3 is 9.84 Å². The van der Waals surface area contributed by atoms with Crippen molar-refractivity contribution in [2.24, 2.45) is 17.3 Å². The van der Waals surface area contributed by atoms with Crippen LogP contribution < -0.4 is 0 Å². The van der Waals surface area contributed by atoms with E-state index in [2.05, 4.69) is 27.7 Å². The molecule has 0 aromatic rings. The highest BCUT2D eigenvalue weighted by atomic mass is 16.5. The van der Waals surface area contributed by atoms with Gasteiger partial charge in [0.1, 0.15) is 0 Å². The number of rotatable bonds is 0. The number of fused-ring (bicyclic) bond motifs is 1. The third-order valence-corrected chi connectivity index (χ3v) is 4.44. The summed E-state index contributed by atoms with van der Waals surface area (Å²) in [6, 6.07) is 0. The molecule has 5 unspecified atom stereocenters. The molecule has 0 spiro atoms. The molecule has 1 N–H and O–H groups in total. The van der Waals surface area contributed by atoms with E-state index in [4.69, 9.17) is 4.74 Å². The minimum atomic E-state index is -0.259. The molecular weight excluding hydrogens is 188 g/mol. The number of hydrogen-bond acceptors (Lipinski definition) is 2. The molecular formula is C13H24O2. The maximum Gasteiger partial charge on any atom is 0.0873 e. The van der Waals surface area contributed by atoms with Gasteiger partial charge in [-0.2, -0.15) is 0 Å². The van der Waals surface area contributed by atoms with Gasteiger partial charge in [0.2, 0.25) is 0 Å². The molecule has 1 heterocycles. The minimum absolute atomic E-state index is 0.0764. The highest BCUT2D eigenvalue weighted by molar-refractivity contribution is 4.98. The van der Waals surface area contributed by atoms with Gasteiger partial charge in [-0.3, -0.25) is 0 Å². The second-order valence-electron chi connectivity index (χ2n) is 6.26. The quantitative estimate of drug-likeness (QED) is 0.669. The van der Waals surface area contributed by atoms with Gasteiger partial charge in [-0.15, -0.1) is 0 Å². The Bertz CT molecular complexity index is 237. The second-order valence-corrected chi connectivity index (χ2v) is 6.26. The highest BCUT2D eigenvalue weighted by Crippen LogP contribution is 2.49. The Balaban J connectivity index is 2.20. The Labute approximate surface area is 93.0 Å². The fraction of sp³-hybridized carbons (Fsp3) is 1.00. The summed E-state index contributed by atoms with van der Waals surface area (Å²) in [5.41, 5.74) is 0.323. The van der Waals surface area contributed by atoms with Gasteiger partial charge in [0, 0.05) is 0 Å². The first-order chi connectivity index (χ1) is 6.92. The molecule has 2 rings (SSSR count). The number of hydrogen-bond donors (Lipinski definition) is 1. The van der Waals surface area contributed by atoms with Crippen molar-refractivity contribution in [2.75, 3.05) is 0 Å². The molecule has 0 aromatic heterocycles. The van der Waals surface area contributed by atoms with Crippen LogP contribution in [0.1, 0.15) is 47.0 Å². The van der Waals surface area contributed by atoms with Crippen molar-refractivity contribution in [1.29, 1.82) is 0 Å². The Morgan fingerprint density at radius 3 is 2.53 bits per heavy atom. The lowest BCUT2D eigenvalue weighted by Gasteiger charge is -2.52. The van der Waals surface area contributed by atoms with Crippen LogP contribution in [-0.2, 0) is 4.74 Å². The molecule has 5 atom stereocenters. The van der Waals surface area contributed by atoms with Gasteiger partial charge in [0.25, 0.3) is 0 Å².